The van der Waals surface area contributed by atoms with Gasteiger partial charge in [0, 0.05) is 11.4 Å². The second-order valence-corrected chi connectivity index (χ2v) is 14.0. The molecule has 0 heterocycles. The third-order valence-electron chi connectivity index (χ3n) is 8.22. The summed E-state index contributed by atoms with van der Waals surface area (Å²) in [5.41, 5.74) is 1.08. The molecule has 3 rings (SSSR count). The SMILES string of the molecule is CCCCCCCCCCCCCCCCCCOc1ccccc1C(=O)CC(=O)Nc1cccc(S(=O)(=O)Nc2ccccc2)c1. The summed E-state index contributed by atoms with van der Waals surface area (Å²) in [5.74, 6) is -0.417. The van der Waals surface area contributed by atoms with Crippen LogP contribution in [-0.4, -0.2) is 26.7 Å². The lowest BCUT2D eigenvalue weighted by molar-refractivity contribution is -0.115. The van der Waals surface area contributed by atoms with E-state index in [4.69, 9.17) is 4.74 Å². The molecular formula is C39H54N2O5S. The number of rotatable bonds is 25. The molecule has 0 saturated carbocycles. The van der Waals surface area contributed by atoms with Crippen molar-refractivity contribution >= 4 is 33.1 Å². The van der Waals surface area contributed by atoms with E-state index >= 15 is 0 Å². The maximum absolute atomic E-state index is 13.0. The number of hydrogen-bond donors (Lipinski definition) is 2. The Balaban J connectivity index is 1.31. The Morgan fingerprint density at radius 2 is 1.15 bits per heavy atom. The van der Waals surface area contributed by atoms with E-state index in [2.05, 4.69) is 17.0 Å². The fourth-order valence-corrected chi connectivity index (χ4v) is 6.67. The number of benzene rings is 3. The van der Waals surface area contributed by atoms with Gasteiger partial charge in [0.15, 0.2) is 5.78 Å². The molecule has 3 aromatic rings. The Morgan fingerprint density at radius 1 is 0.617 bits per heavy atom. The Labute approximate surface area is 283 Å². The second-order valence-electron chi connectivity index (χ2n) is 12.3. The van der Waals surface area contributed by atoms with Crippen LogP contribution >= 0.6 is 0 Å². The lowest BCUT2D eigenvalue weighted by Crippen LogP contribution is -2.18. The van der Waals surface area contributed by atoms with Crippen molar-refractivity contribution in [3.05, 3.63) is 84.4 Å². The van der Waals surface area contributed by atoms with Gasteiger partial charge >= 0.3 is 0 Å². The van der Waals surface area contributed by atoms with Crippen molar-refractivity contribution in [3.8, 4) is 5.75 Å². The van der Waals surface area contributed by atoms with Gasteiger partial charge in [-0.1, -0.05) is 140 Å². The number of ether oxygens (including phenoxy) is 1. The van der Waals surface area contributed by atoms with Crippen molar-refractivity contribution in [2.45, 2.75) is 121 Å². The monoisotopic (exact) mass is 662 g/mol. The Bertz CT molecular complexity index is 1440. The normalized spacial score (nSPS) is 11.3. The number of amides is 1. The van der Waals surface area contributed by atoms with Crippen LogP contribution in [-0.2, 0) is 14.8 Å². The summed E-state index contributed by atoms with van der Waals surface area (Å²) in [6, 6.07) is 21.5. The lowest BCUT2D eigenvalue weighted by Gasteiger charge is -2.12. The zero-order valence-electron chi connectivity index (χ0n) is 28.2. The predicted octanol–water partition coefficient (Wildman–Crippen LogP) is 10.3. The molecule has 0 saturated heterocycles. The summed E-state index contributed by atoms with van der Waals surface area (Å²) in [6.45, 7) is 2.79. The van der Waals surface area contributed by atoms with Crippen molar-refractivity contribution in [1.82, 2.24) is 0 Å². The standard InChI is InChI=1S/C39H54N2O5S/c1-2-3-4-5-6-7-8-9-10-11-12-13-14-15-16-22-30-46-38-29-21-20-28-36(38)37(42)32-39(43)40-34-26-23-27-35(31-34)47(44,45)41-33-24-18-17-19-25-33/h17-21,23-29,31,41H,2-16,22,30,32H2,1H3,(H,40,43). The first kappa shape index (κ1) is 37.8. The first-order chi connectivity index (χ1) is 22.9. The number of nitrogens with one attached hydrogen (secondary N) is 2. The Hall–Kier alpha value is -3.65. The molecule has 3 aromatic carbocycles. The van der Waals surface area contributed by atoms with Gasteiger partial charge in [0.25, 0.3) is 10.0 Å². The number of hydrogen-bond acceptors (Lipinski definition) is 5. The van der Waals surface area contributed by atoms with Crippen molar-refractivity contribution in [2.75, 3.05) is 16.6 Å². The average Bonchev–Trinajstić information content (AvgIpc) is 3.06. The Morgan fingerprint density at radius 3 is 1.77 bits per heavy atom. The minimum absolute atomic E-state index is 0.00157. The number of sulfonamides is 1. The molecule has 2 N–H and O–H groups in total. The van der Waals surface area contributed by atoms with Gasteiger partial charge in [0.2, 0.25) is 5.91 Å². The van der Waals surface area contributed by atoms with Crippen LogP contribution in [0, 0.1) is 0 Å². The summed E-state index contributed by atoms with van der Waals surface area (Å²) in [5, 5.41) is 2.65. The molecule has 256 valence electrons. The third-order valence-corrected chi connectivity index (χ3v) is 9.60. The molecule has 0 fully saturated rings. The second kappa shape index (κ2) is 22.0. The Kier molecular flexibility index (Phi) is 17.7. The maximum atomic E-state index is 13.0. The van der Waals surface area contributed by atoms with E-state index in [0.717, 1.165) is 12.8 Å². The van der Waals surface area contributed by atoms with Gasteiger partial charge in [-0.3, -0.25) is 14.3 Å². The van der Waals surface area contributed by atoms with Gasteiger partial charge in [-0.15, -0.1) is 0 Å². The largest absolute Gasteiger partial charge is 0.493 e. The molecule has 8 heteroatoms. The van der Waals surface area contributed by atoms with E-state index in [9.17, 15) is 18.0 Å². The topological polar surface area (TPSA) is 102 Å². The molecule has 0 atom stereocenters. The summed E-state index contributed by atoms with van der Waals surface area (Å²) >= 11 is 0. The summed E-state index contributed by atoms with van der Waals surface area (Å²) < 4.78 is 34.1. The fraction of sp³-hybridized carbons (Fsp3) is 0.487. The molecule has 7 nitrogen and oxygen atoms in total. The van der Waals surface area contributed by atoms with Gasteiger partial charge in [-0.25, -0.2) is 8.42 Å². The van der Waals surface area contributed by atoms with Crippen molar-refractivity contribution in [2.24, 2.45) is 0 Å². The van der Waals surface area contributed by atoms with Gasteiger partial charge in [0.1, 0.15) is 5.75 Å². The molecule has 0 aliphatic rings. The van der Waals surface area contributed by atoms with Crippen LogP contribution < -0.4 is 14.8 Å². The molecule has 47 heavy (non-hydrogen) atoms. The number of para-hydroxylation sites is 2. The van der Waals surface area contributed by atoms with Crippen molar-refractivity contribution in [1.29, 1.82) is 0 Å². The van der Waals surface area contributed by atoms with Crippen molar-refractivity contribution in [3.63, 3.8) is 0 Å². The first-order valence-corrected chi connectivity index (χ1v) is 19.1. The summed E-state index contributed by atoms with van der Waals surface area (Å²) in [7, 11) is -3.86. The van der Waals surface area contributed by atoms with Crippen LogP contribution in [0.4, 0.5) is 11.4 Å². The van der Waals surface area contributed by atoms with E-state index in [0.29, 0.717) is 23.6 Å². The van der Waals surface area contributed by atoms with E-state index < -0.39 is 22.4 Å². The molecule has 0 unspecified atom stereocenters. The summed E-state index contributed by atoms with van der Waals surface area (Å²) in [6.07, 6.45) is 20.5. The average molecular weight is 663 g/mol. The van der Waals surface area contributed by atoms with Crippen LogP contribution in [0.2, 0.25) is 0 Å². The van der Waals surface area contributed by atoms with E-state index in [-0.39, 0.29) is 16.4 Å². The lowest BCUT2D eigenvalue weighted by atomic mass is 10.0. The van der Waals surface area contributed by atoms with Crippen LogP contribution in [0.25, 0.3) is 0 Å². The number of carbonyl (C=O) groups excluding carboxylic acids is 2. The zero-order valence-corrected chi connectivity index (χ0v) is 29.0. The molecular weight excluding hydrogens is 609 g/mol. The minimum atomic E-state index is -3.86. The first-order valence-electron chi connectivity index (χ1n) is 17.6. The number of ketones is 1. The van der Waals surface area contributed by atoms with Gasteiger partial charge in [0.05, 0.1) is 23.5 Å². The number of carbonyl (C=O) groups is 2. The highest BCUT2D eigenvalue weighted by Crippen LogP contribution is 2.22. The highest BCUT2D eigenvalue weighted by molar-refractivity contribution is 7.92. The third kappa shape index (κ3) is 15.2. The molecule has 0 aliphatic carbocycles. The fourth-order valence-electron chi connectivity index (χ4n) is 5.56. The maximum Gasteiger partial charge on any atom is 0.261 e. The number of Topliss-reactive ketones (excluding diaryl/α,β-unsaturated/α-hetero) is 1. The molecule has 0 aromatic heterocycles. The minimum Gasteiger partial charge on any atom is -0.493 e. The van der Waals surface area contributed by atoms with Crippen LogP contribution in [0.15, 0.2) is 83.8 Å². The van der Waals surface area contributed by atoms with Crippen LogP contribution in [0.5, 0.6) is 5.75 Å². The van der Waals surface area contributed by atoms with Gasteiger partial charge in [-0.2, -0.15) is 0 Å². The van der Waals surface area contributed by atoms with E-state index in [1.165, 1.54) is 102 Å². The molecule has 0 spiro atoms. The quantitative estimate of drug-likeness (QED) is 0.0534. The molecule has 0 aliphatic heterocycles. The molecule has 0 radical (unpaired) electrons. The zero-order chi connectivity index (χ0) is 33.6. The van der Waals surface area contributed by atoms with Crippen LogP contribution in [0.1, 0.15) is 126 Å². The highest BCUT2D eigenvalue weighted by atomic mass is 32.2. The van der Waals surface area contributed by atoms with Crippen molar-refractivity contribution < 1.29 is 22.7 Å². The molecule has 0 bridgehead atoms. The number of anilines is 2. The predicted molar refractivity (Wildman–Crippen MR) is 193 cm³/mol. The number of unbranched alkanes of at least 4 members (excludes halogenated alkanes) is 15. The van der Waals surface area contributed by atoms with Gasteiger partial charge in [-0.05, 0) is 48.9 Å². The van der Waals surface area contributed by atoms with Gasteiger partial charge < -0.3 is 10.1 Å². The summed E-state index contributed by atoms with van der Waals surface area (Å²) in [4.78, 5) is 25.8. The molecule has 1 amide bonds. The van der Waals surface area contributed by atoms with Crippen LogP contribution in [0.3, 0.4) is 0 Å². The van der Waals surface area contributed by atoms with E-state index in [1.807, 2.05) is 6.07 Å². The highest BCUT2D eigenvalue weighted by Gasteiger charge is 2.18. The smallest absolute Gasteiger partial charge is 0.261 e. The van der Waals surface area contributed by atoms with E-state index in [1.54, 1.807) is 60.7 Å².